The maximum absolute atomic E-state index is 13.3. The predicted octanol–water partition coefficient (Wildman–Crippen LogP) is 3.82. The summed E-state index contributed by atoms with van der Waals surface area (Å²) in [5, 5.41) is 3.03. The molecule has 3 amide bonds. The van der Waals surface area contributed by atoms with E-state index in [1.54, 1.807) is 7.11 Å². The molecule has 0 spiro atoms. The molecule has 1 fully saturated rings. The largest absolute Gasteiger partial charge is 0.497 e. The minimum Gasteiger partial charge on any atom is -0.497 e. The SMILES string of the molecule is CCC1CN(C(=O)N2CCC(C(=O)NCc3cccc(OC)c3)CC2)c2ccccc2O1. The van der Waals surface area contributed by atoms with E-state index in [-0.39, 0.29) is 24.0 Å². The second-order valence-corrected chi connectivity index (χ2v) is 8.34. The third-order valence-corrected chi connectivity index (χ3v) is 6.26. The van der Waals surface area contributed by atoms with E-state index < -0.39 is 0 Å². The number of carbonyl (C=O) groups is 2. The van der Waals surface area contributed by atoms with Crippen LogP contribution in [0.4, 0.5) is 10.5 Å². The number of para-hydroxylation sites is 2. The Balaban J connectivity index is 1.32. The number of ether oxygens (including phenoxy) is 2. The van der Waals surface area contributed by atoms with Gasteiger partial charge >= 0.3 is 6.03 Å². The number of hydrogen-bond donors (Lipinski definition) is 1. The summed E-state index contributed by atoms with van der Waals surface area (Å²) in [6.07, 6.45) is 2.17. The number of piperidine rings is 1. The fraction of sp³-hybridized carbons (Fsp3) is 0.440. The molecule has 0 bridgehead atoms. The summed E-state index contributed by atoms with van der Waals surface area (Å²) in [5.74, 6) is 1.50. The van der Waals surface area contributed by atoms with E-state index in [1.165, 1.54) is 0 Å². The van der Waals surface area contributed by atoms with Crippen LogP contribution in [0.3, 0.4) is 0 Å². The van der Waals surface area contributed by atoms with Crippen molar-refractivity contribution in [1.82, 2.24) is 10.2 Å². The van der Waals surface area contributed by atoms with Crippen LogP contribution in [-0.2, 0) is 11.3 Å². The number of anilines is 1. The Morgan fingerprint density at radius 2 is 1.91 bits per heavy atom. The third-order valence-electron chi connectivity index (χ3n) is 6.26. The van der Waals surface area contributed by atoms with Crippen molar-refractivity contribution in [2.24, 2.45) is 5.92 Å². The Morgan fingerprint density at radius 1 is 1.12 bits per heavy atom. The average Bonchev–Trinajstić information content (AvgIpc) is 2.86. The number of nitrogens with one attached hydrogen (secondary N) is 1. The lowest BCUT2D eigenvalue weighted by atomic mass is 9.96. The van der Waals surface area contributed by atoms with Crippen LogP contribution in [-0.4, -0.2) is 49.7 Å². The molecule has 2 aliphatic rings. The quantitative estimate of drug-likeness (QED) is 0.772. The van der Waals surface area contributed by atoms with Crippen molar-refractivity contribution in [3.63, 3.8) is 0 Å². The highest BCUT2D eigenvalue weighted by Crippen LogP contribution is 2.35. The number of methoxy groups -OCH3 is 1. The third kappa shape index (κ3) is 4.82. The maximum Gasteiger partial charge on any atom is 0.324 e. The first-order valence-electron chi connectivity index (χ1n) is 11.3. The van der Waals surface area contributed by atoms with Gasteiger partial charge in [0.2, 0.25) is 5.91 Å². The van der Waals surface area contributed by atoms with Crippen molar-refractivity contribution in [1.29, 1.82) is 0 Å². The fourth-order valence-electron chi connectivity index (χ4n) is 4.31. The number of fused-ring (bicyclic) bond motifs is 1. The highest BCUT2D eigenvalue weighted by atomic mass is 16.5. The van der Waals surface area contributed by atoms with Crippen molar-refractivity contribution < 1.29 is 19.1 Å². The predicted molar refractivity (Wildman–Crippen MR) is 123 cm³/mol. The van der Waals surface area contributed by atoms with E-state index in [2.05, 4.69) is 12.2 Å². The number of benzene rings is 2. The van der Waals surface area contributed by atoms with Gasteiger partial charge in [0.05, 0.1) is 19.3 Å². The number of hydrogen-bond acceptors (Lipinski definition) is 4. The van der Waals surface area contributed by atoms with E-state index >= 15 is 0 Å². The molecule has 2 aliphatic heterocycles. The number of urea groups is 1. The number of rotatable bonds is 5. The Kier molecular flexibility index (Phi) is 6.83. The molecule has 32 heavy (non-hydrogen) atoms. The van der Waals surface area contributed by atoms with E-state index in [4.69, 9.17) is 9.47 Å². The van der Waals surface area contributed by atoms with Gasteiger partial charge in [0.15, 0.2) is 0 Å². The van der Waals surface area contributed by atoms with Crippen LogP contribution in [0.1, 0.15) is 31.7 Å². The molecule has 4 rings (SSSR count). The molecule has 0 aromatic heterocycles. The molecule has 7 nitrogen and oxygen atoms in total. The van der Waals surface area contributed by atoms with Crippen LogP contribution < -0.4 is 19.7 Å². The Bertz CT molecular complexity index is 956. The molecule has 7 heteroatoms. The van der Waals surface area contributed by atoms with Crippen molar-refractivity contribution in [2.45, 2.75) is 38.8 Å². The van der Waals surface area contributed by atoms with Gasteiger partial charge in [-0.3, -0.25) is 9.69 Å². The number of nitrogens with zero attached hydrogens (tertiary/aromatic N) is 2. The number of likely N-dealkylation sites (tertiary alicyclic amines) is 1. The molecule has 2 aromatic rings. The highest BCUT2D eigenvalue weighted by Gasteiger charge is 2.34. The van der Waals surface area contributed by atoms with Gasteiger partial charge in [0.1, 0.15) is 17.6 Å². The molecule has 170 valence electrons. The van der Waals surface area contributed by atoms with Crippen LogP contribution in [0.25, 0.3) is 0 Å². The van der Waals surface area contributed by atoms with Gasteiger partial charge in [-0.2, -0.15) is 0 Å². The molecular formula is C25H31N3O4. The normalized spacial score (nSPS) is 18.5. The molecular weight excluding hydrogens is 406 g/mol. The molecule has 0 saturated carbocycles. The van der Waals surface area contributed by atoms with Crippen LogP contribution in [0, 0.1) is 5.92 Å². The Morgan fingerprint density at radius 3 is 2.66 bits per heavy atom. The fourth-order valence-corrected chi connectivity index (χ4v) is 4.31. The summed E-state index contributed by atoms with van der Waals surface area (Å²) in [7, 11) is 1.63. The average molecular weight is 438 g/mol. The molecule has 2 aromatic carbocycles. The first-order chi connectivity index (χ1) is 15.6. The first-order valence-corrected chi connectivity index (χ1v) is 11.3. The number of carbonyl (C=O) groups excluding carboxylic acids is 2. The summed E-state index contributed by atoms with van der Waals surface area (Å²) in [6.45, 7) is 4.24. The van der Waals surface area contributed by atoms with Crippen LogP contribution in [0.2, 0.25) is 0 Å². The Labute approximate surface area is 189 Å². The van der Waals surface area contributed by atoms with E-state index in [1.807, 2.05) is 58.3 Å². The van der Waals surface area contributed by atoms with E-state index in [0.29, 0.717) is 39.0 Å². The molecule has 0 radical (unpaired) electrons. The van der Waals surface area contributed by atoms with Crippen LogP contribution in [0.15, 0.2) is 48.5 Å². The van der Waals surface area contributed by atoms with Crippen molar-refractivity contribution in [3.05, 3.63) is 54.1 Å². The zero-order valence-corrected chi connectivity index (χ0v) is 18.8. The molecule has 2 heterocycles. The van der Waals surface area contributed by atoms with Gasteiger partial charge in [0.25, 0.3) is 0 Å². The molecule has 1 atom stereocenters. The molecule has 1 N–H and O–H groups in total. The number of amides is 3. The monoisotopic (exact) mass is 437 g/mol. The van der Waals surface area contributed by atoms with Crippen molar-refractivity contribution in [3.8, 4) is 11.5 Å². The van der Waals surface area contributed by atoms with Gasteiger partial charge in [-0.1, -0.05) is 31.2 Å². The summed E-state index contributed by atoms with van der Waals surface area (Å²) < 4.78 is 11.2. The lowest BCUT2D eigenvalue weighted by Gasteiger charge is -2.39. The van der Waals surface area contributed by atoms with Gasteiger partial charge in [0, 0.05) is 25.6 Å². The smallest absolute Gasteiger partial charge is 0.324 e. The summed E-state index contributed by atoms with van der Waals surface area (Å²) in [5.41, 5.74) is 1.82. The lowest BCUT2D eigenvalue weighted by molar-refractivity contribution is -0.126. The van der Waals surface area contributed by atoms with Crippen molar-refractivity contribution >= 4 is 17.6 Å². The van der Waals surface area contributed by atoms with Gasteiger partial charge in [-0.15, -0.1) is 0 Å². The van der Waals surface area contributed by atoms with Gasteiger partial charge in [-0.05, 0) is 49.1 Å². The standard InChI is InChI=1S/C25H31N3O4/c1-3-20-17-28(22-9-4-5-10-23(22)32-20)25(30)27-13-11-19(12-14-27)24(29)26-16-18-7-6-8-21(15-18)31-2/h4-10,15,19-20H,3,11-14,16-17H2,1-2H3,(H,26,29). The van der Waals surface area contributed by atoms with Gasteiger partial charge < -0.3 is 19.7 Å². The lowest BCUT2D eigenvalue weighted by Crippen LogP contribution is -2.52. The van der Waals surface area contributed by atoms with Crippen LogP contribution >= 0.6 is 0 Å². The molecule has 1 unspecified atom stereocenters. The summed E-state index contributed by atoms with van der Waals surface area (Å²) in [4.78, 5) is 29.7. The van der Waals surface area contributed by atoms with Crippen molar-refractivity contribution in [2.75, 3.05) is 31.6 Å². The Hall–Kier alpha value is -3.22. The summed E-state index contributed by atoms with van der Waals surface area (Å²) in [6, 6.07) is 15.4. The highest BCUT2D eigenvalue weighted by molar-refractivity contribution is 5.94. The zero-order chi connectivity index (χ0) is 22.5. The van der Waals surface area contributed by atoms with E-state index in [9.17, 15) is 9.59 Å². The molecule has 1 saturated heterocycles. The molecule has 0 aliphatic carbocycles. The first kappa shape index (κ1) is 22.0. The topological polar surface area (TPSA) is 71.1 Å². The zero-order valence-electron chi connectivity index (χ0n) is 18.8. The second-order valence-electron chi connectivity index (χ2n) is 8.34. The summed E-state index contributed by atoms with van der Waals surface area (Å²) >= 11 is 0. The second kappa shape index (κ2) is 9.94. The van der Waals surface area contributed by atoms with Gasteiger partial charge in [-0.25, -0.2) is 4.79 Å². The maximum atomic E-state index is 13.3. The minimum atomic E-state index is -0.0787. The van der Waals surface area contributed by atoms with Crippen LogP contribution in [0.5, 0.6) is 11.5 Å². The minimum absolute atomic E-state index is 0.00515. The van der Waals surface area contributed by atoms with E-state index in [0.717, 1.165) is 29.2 Å².